The van der Waals surface area contributed by atoms with Crippen LogP contribution < -0.4 is 4.74 Å². The molecule has 84 valence electrons. The largest absolute Gasteiger partial charge is 0.492 e. The Kier molecular flexibility index (Phi) is 6.36. The topological polar surface area (TPSA) is 9.23 Å². The van der Waals surface area contributed by atoms with Crippen LogP contribution in [0.15, 0.2) is 16.6 Å². The van der Waals surface area contributed by atoms with Crippen LogP contribution in [0, 0.1) is 0 Å². The smallest absolute Gasteiger partial charge is 0.139 e. The van der Waals surface area contributed by atoms with E-state index in [4.69, 9.17) is 27.9 Å². The van der Waals surface area contributed by atoms with Crippen LogP contribution >= 0.6 is 55.1 Å². The van der Waals surface area contributed by atoms with Crippen molar-refractivity contribution in [1.29, 1.82) is 0 Å². The Morgan fingerprint density at radius 2 is 1.87 bits per heavy atom. The number of hydrogen-bond acceptors (Lipinski definition) is 1. The maximum absolute atomic E-state index is 5.99. The number of hydrogen-bond donors (Lipinski definition) is 0. The summed E-state index contributed by atoms with van der Waals surface area (Å²) in [4.78, 5) is 0. The number of rotatable bonds is 5. The summed E-state index contributed by atoms with van der Waals surface area (Å²) >= 11 is 18.6. The van der Waals surface area contributed by atoms with Gasteiger partial charge in [-0.2, -0.15) is 0 Å². The first-order valence-corrected chi connectivity index (χ1v) is 7.15. The molecule has 0 bridgehead atoms. The molecule has 15 heavy (non-hydrogen) atoms. The molecule has 0 radical (unpaired) electrons. The minimum Gasteiger partial charge on any atom is -0.492 e. The molecular formula is C10H10Br2Cl2O. The van der Waals surface area contributed by atoms with Gasteiger partial charge in [-0.1, -0.05) is 39.1 Å². The summed E-state index contributed by atoms with van der Waals surface area (Å²) in [6, 6.07) is 3.46. The van der Waals surface area contributed by atoms with E-state index >= 15 is 0 Å². The Labute approximate surface area is 116 Å². The van der Waals surface area contributed by atoms with Crippen molar-refractivity contribution in [2.75, 3.05) is 11.9 Å². The summed E-state index contributed by atoms with van der Waals surface area (Å²) in [5, 5.41) is 2.17. The van der Waals surface area contributed by atoms with Crippen molar-refractivity contribution in [3.8, 4) is 5.75 Å². The first kappa shape index (κ1) is 13.6. The number of benzene rings is 1. The maximum atomic E-state index is 5.99. The highest BCUT2D eigenvalue weighted by Crippen LogP contribution is 2.34. The van der Waals surface area contributed by atoms with Crippen LogP contribution in [0.5, 0.6) is 5.75 Å². The molecule has 1 aromatic rings. The van der Waals surface area contributed by atoms with Crippen molar-refractivity contribution in [3.05, 3.63) is 26.7 Å². The number of unbranched alkanes of at least 4 members (excludes halogenated alkanes) is 1. The van der Waals surface area contributed by atoms with E-state index in [1.54, 1.807) is 12.1 Å². The molecule has 1 aromatic carbocycles. The Hall–Kier alpha value is 0.560. The zero-order valence-electron chi connectivity index (χ0n) is 7.90. The van der Waals surface area contributed by atoms with Crippen LogP contribution in [0.4, 0.5) is 0 Å². The van der Waals surface area contributed by atoms with Gasteiger partial charge in [0.2, 0.25) is 0 Å². The van der Waals surface area contributed by atoms with E-state index in [9.17, 15) is 0 Å². The Morgan fingerprint density at radius 3 is 2.53 bits per heavy atom. The Balaban J connectivity index is 2.57. The molecule has 0 heterocycles. The minimum absolute atomic E-state index is 0.574. The predicted octanol–water partition coefficient (Wildman–Crippen LogP) is 5.31. The summed E-state index contributed by atoms with van der Waals surface area (Å²) in [6.07, 6.45) is 2.08. The highest BCUT2D eigenvalue weighted by Gasteiger charge is 2.06. The second-order valence-electron chi connectivity index (χ2n) is 2.94. The molecule has 1 nitrogen and oxygen atoms in total. The quantitative estimate of drug-likeness (QED) is 0.384. The van der Waals surface area contributed by atoms with Crippen LogP contribution in [0.3, 0.4) is 0 Å². The molecule has 0 aliphatic carbocycles. The van der Waals surface area contributed by atoms with Gasteiger partial charge in [0.05, 0.1) is 16.7 Å². The van der Waals surface area contributed by atoms with Gasteiger partial charge in [-0.05, 0) is 34.8 Å². The van der Waals surface area contributed by atoms with Crippen molar-refractivity contribution in [2.24, 2.45) is 0 Å². The van der Waals surface area contributed by atoms with Gasteiger partial charge in [0.1, 0.15) is 5.75 Å². The SMILES string of the molecule is Clc1cc(OCCCCBr)c(Cl)cc1Br. The molecule has 0 saturated carbocycles. The summed E-state index contributed by atoms with van der Waals surface area (Å²) in [7, 11) is 0. The van der Waals surface area contributed by atoms with Crippen LogP contribution in [0.25, 0.3) is 0 Å². The molecule has 0 unspecified atom stereocenters. The third-order valence-electron chi connectivity index (χ3n) is 1.76. The lowest BCUT2D eigenvalue weighted by Gasteiger charge is -2.08. The Morgan fingerprint density at radius 1 is 1.13 bits per heavy atom. The van der Waals surface area contributed by atoms with Gasteiger partial charge < -0.3 is 4.74 Å². The van der Waals surface area contributed by atoms with Crippen LogP contribution in [0.1, 0.15) is 12.8 Å². The van der Waals surface area contributed by atoms with Gasteiger partial charge in [-0.25, -0.2) is 0 Å². The van der Waals surface area contributed by atoms with Crippen LogP contribution in [-0.4, -0.2) is 11.9 Å². The van der Waals surface area contributed by atoms with Crippen LogP contribution in [-0.2, 0) is 0 Å². The molecule has 0 amide bonds. The van der Waals surface area contributed by atoms with Gasteiger partial charge in [0, 0.05) is 15.9 Å². The molecule has 5 heteroatoms. The minimum atomic E-state index is 0.574. The van der Waals surface area contributed by atoms with E-state index in [2.05, 4.69) is 31.9 Å². The van der Waals surface area contributed by atoms with E-state index in [-0.39, 0.29) is 0 Å². The van der Waals surface area contributed by atoms with Gasteiger partial charge in [-0.15, -0.1) is 0 Å². The lowest BCUT2D eigenvalue weighted by molar-refractivity contribution is 0.310. The molecule has 0 aromatic heterocycles. The van der Waals surface area contributed by atoms with Crippen molar-refractivity contribution >= 4 is 55.1 Å². The molecule has 0 atom stereocenters. The number of halogens is 4. The lowest BCUT2D eigenvalue weighted by Crippen LogP contribution is -1.98. The average molecular weight is 377 g/mol. The maximum Gasteiger partial charge on any atom is 0.139 e. The fourth-order valence-electron chi connectivity index (χ4n) is 0.994. The van der Waals surface area contributed by atoms with Crippen molar-refractivity contribution in [1.82, 2.24) is 0 Å². The van der Waals surface area contributed by atoms with Gasteiger partial charge >= 0.3 is 0 Å². The molecule has 0 N–H and O–H groups in total. The van der Waals surface area contributed by atoms with E-state index in [1.807, 2.05) is 0 Å². The van der Waals surface area contributed by atoms with Crippen LogP contribution in [0.2, 0.25) is 10.0 Å². The monoisotopic (exact) mass is 374 g/mol. The highest BCUT2D eigenvalue weighted by atomic mass is 79.9. The molecule has 0 spiro atoms. The zero-order chi connectivity index (χ0) is 11.3. The molecule has 0 saturated heterocycles. The summed E-state index contributed by atoms with van der Waals surface area (Å²) < 4.78 is 6.30. The highest BCUT2D eigenvalue weighted by molar-refractivity contribution is 9.10. The van der Waals surface area contributed by atoms with Crippen molar-refractivity contribution in [2.45, 2.75) is 12.8 Å². The van der Waals surface area contributed by atoms with Crippen molar-refractivity contribution in [3.63, 3.8) is 0 Å². The summed E-state index contributed by atoms with van der Waals surface area (Å²) in [5.74, 6) is 0.638. The lowest BCUT2D eigenvalue weighted by atomic mass is 10.3. The molecule has 0 fully saturated rings. The summed E-state index contributed by atoms with van der Waals surface area (Å²) in [5.41, 5.74) is 0. The molecular weight excluding hydrogens is 367 g/mol. The number of alkyl halides is 1. The van der Waals surface area contributed by atoms with E-state index in [0.29, 0.717) is 22.4 Å². The third kappa shape index (κ3) is 4.51. The van der Waals surface area contributed by atoms with Gasteiger partial charge in [0.25, 0.3) is 0 Å². The normalized spacial score (nSPS) is 10.4. The van der Waals surface area contributed by atoms with Gasteiger partial charge in [0.15, 0.2) is 0 Å². The van der Waals surface area contributed by atoms with Crippen molar-refractivity contribution < 1.29 is 4.74 Å². The molecule has 0 aliphatic rings. The van der Waals surface area contributed by atoms with E-state index in [1.165, 1.54) is 0 Å². The fraction of sp³-hybridized carbons (Fsp3) is 0.400. The van der Waals surface area contributed by atoms with Gasteiger partial charge in [-0.3, -0.25) is 0 Å². The molecule has 0 aliphatic heterocycles. The number of ether oxygens (including phenoxy) is 1. The van der Waals surface area contributed by atoms with E-state index < -0.39 is 0 Å². The average Bonchev–Trinajstić information content (AvgIpc) is 2.20. The first-order valence-electron chi connectivity index (χ1n) is 4.48. The Bertz CT molecular complexity index is 331. The fourth-order valence-corrected chi connectivity index (χ4v) is 2.24. The second kappa shape index (κ2) is 7.00. The molecule has 1 rings (SSSR count). The predicted molar refractivity (Wildman–Crippen MR) is 72.7 cm³/mol. The summed E-state index contributed by atoms with van der Waals surface area (Å²) in [6.45, 7) is 0.656. The first-order chi connectivity index (χ1) is 7.15. The second-order valence-corrected chi connectivity index (χ2v) is 5.40. The standard InChI is InChI=1S/C10H10Br2Cl2O/c11-3-1-2-4-15-10-6-8(13)7(12)5-9(10)14/h5-6H,1-4H2. The zero-order valence-corrected chi connectivity index (χ0v) is 12.6. The third-order valence-corrected chi connectivity index (χ3v) is 3.81. The van der Waals surface area contributed by atoms with E-state index in [0.717, 1.165) is 22.6 Å².